The lowest BCUT2D eigenvalue weighted by Crippen LogP contribution is -1.77. The first-order valence-corrected chi connectivity index (χ1v) is 3.33. The van der Waals surface area contributed by atoms with Gasteiger partial charge in [-0.2, -0.15) is 0 Å². The third kappa shape index (κ3) is 0.835. The topological polar surface area (TPSA) is 30.2 Å². The third-order valence-electron chi connectivity index (χ3n) is 1.64. The molecule has 0 atom stereocenters. The fraction of sp³-hybridized carbons (Fsp3) is 0. The van der Waals surface area contributed by atoms with Crippen LogP contribution in [-0.4, -0.2) is 6.29 Å². The van der Waals surface area contributed by atoms with Gasteiger partial charge in [0.25, 0.3) is 0 Å². The number of furan rings is 1. The van der Waals surface area contributed by atoms with Gasteiger partial charge in [0.05, 0.1) is 11.8 Å². The molecule has 0 bridgehead atoms. The molecule has 0 spiro atoms. The number of hydrogen-bond acceptors (Lipinski definition) is 2. The second kappa shape index (κ2) is 2.23. The second-order valence-corrected chi connectivity index (χ2v) is 2.30. The molecule has 2 aromatic rings. The lowest BCUT2D eigenvalue weighted by atomic mass is 10.2. The van der Waals surface area contributed by atoms with Crippen molar-refractivity contribution >= 4 is 17.3 Å². The van der Waals surface area contributed by atoms with Crippen molar-refractivity contribution < 1.29 is 9.21 Å². The molecule has 0 unspecified atom stereocenters. The minimum atomic E-state index is 0.604. The molecular formula is C9H6O2. The van der Waals surface area contributed by atoms with Crippen LogP contribution in [0.1, 0.15) is 10.4 Å². The molecule has 2 nitrogen and oxygen atoms in total. The molecule has 0 fully saturated rings. The zero-order chi connectivity index (χ0) is 7.68. The van der Waals surface area contributed by atoms with Crippen molar-refractivity contribution in [3.8, 4) is 0 Å². The smallest absolute Gasteiger partial charge is 0.153 e. The Bertz CT molecular complexity index is 387. The van der Waals surface area contributed by atoms with E-state index < -0.39 is 0 Å². The first-order valence-electron chi connectivity index (χ1n) is 3.33. The van der Waals surface area contributed by atoms with Crippen LogP contribution in [0, 0.1) is 0 Å². The number of fused-ring (bicyclic) bond motifs is 1. The molecule has 0 amide bonds. The summed E-state index contributed by atoms with van der Waals surface area (Å²) in [7, 11) is 0. The van der Waals surface area contributed by atoms with Crippen LogP contribution < -0.4 is 0 Å². The summed E-state index contributed by atoms with van der Waals surface area (Å²) in [6, 6.07) is 7.31. The Hall–Kier alpha value is -1.57. The van der Waals surface area contributed by atoms with E-state index in [-0.39, 0.29) is 0 Å². The monoisotopic (exact) mass is 146 g/mol. The van der Waals surface area contributed by atoms with Gasteiger partial charge in [0.15, 0.2) is 6.29 Å². The van der Waals surface area contributed by atoms with Crippen LogP contribution in [-0.2, 0) is 0 Å². The molecule has 0 saturated heterocycles. The number of carbonyl (C=O) groups excluding carboxylic acids is 1. The van der Waals surface area contributed by atoms with Crippen molar-refractivity contribution in [3.63, 3.8) is 0 Å². The van der Waals surface area contributed by atoms with Crippen LogP contribution in [0.4, 0.5) is 0 Å². The minimum Gasteiger partial charge on any atom is -0.464 e. The molecule has 11 heavy (non-hydrogen) atoms. The van der Waals surface area contributed by atoms with Gasteiger partial charge in [-0.1, -0.05) is 12.1 Å². The Morgan fingerprint density at radius 3 is 3.00 bits per heavy atom. The summed E-state index contributed by atoms with van der Waals surface area (Å²) in [5.74, 6) is 0. The molecule has 0 aliphatic heterocycles. The van der Waals surface area contributed by atoms with Crippen LogP contribution >= 0.6 is 0 Å². The van der Waals surface area contributed by atoms with Gasteiger partial charge in [-0.25, -0.2) is 0 Å². The summed E-state index contributed by atoms with van der Waals surface area (Å²) in [6.07, 6.45) is 2.38. The SMILES string of the molecule is O=Cc1cccc2ccoc12. The molecule has 0 aliphatic carbocycles. The molecule has 1 aromatic heterocycles. The van der Waals surface area contributed by atoms with E-state index in [1.165, 1.54) is 0 Å². The van der Waals surface area contributed by atoms with Gasteiger partial charge in [0.1, 0.15) is 5.58 Å². The van der Waals surface area contributed by atoms with E-state index in [1.54, 1.807) is 12.3 Å². The maximum absolute atomic E-state index is 10.5. The van der Waals surface area contributed by atoms with Crippen molar-refractivity contribution in [2.75, 3.05) is 0 Å². The Morgan fingerprint density at radius 2 is 2.18 bits per heavy atom. The number of benzene rings is 1. The normalized spacial score (nSPS) is 10.2. The van der Waals surface area contributed by atoms with E-state index in [9.17, 15) is 4.79 Å². The zero-order valence-corrected chi connectivity index (χ0v) is 5.78. The average molecular weight is 146 g/mol. The summed E-state index contributed by atoms with van der Waals surface area (Å²) in [5, 5.41) is 0.967. The highest BCUT2D eigenvalue weighted by atomic mass is 16.3. The molecule has 0 saturated carbocycles. The second-order valence-electron chi connectivity index (χ2n) is 2.30. The molecule has 0 N–H and O–H groups in total. The highest BCUT2D eigenvalue weighted by Gasteiger charge is 2.00. The Balaban J connectivity index is 2.88. The molecule has 1 aromatic carbocycles. The van der Waals surface area contributed by atoms with Crippen LogP contribution in [0.5, 0.6) is 0 Å². The number of carbonyl (C=O) groups is 1. The standard InChI is InChI=1S/C9H6O2/c10-6-8-3-1-2-7-4-5-11-9(7)8/h1-6H. The molecule has 0 aliphatic rings. The number of hydrogen-bond donors (Lipinski definition) is 0. The average Bonchev–Trinajstić information content (AvgIpc) is 2.50. The van der Waals surface area contributed by atoms with E-state index in [4.69, 9.17) is 4.42 Å². The molecule has 1 heterocycles. The summed E-state index contributed by atoms with van der Waals surface area (Å²) in [5.41, 5.74) is 1.27. The predicted octanol–water partition coefficient (Wildman–Crippen LogP) is 2.25. The van der Waals surface area contributed by atoms with Crippen LogP contribution in [0.15, 0.2) is 34.9 Å². The summed E-state index contributed by atoms with van der Waals surface area (Å²) < 4.78 is 5.11. The summed E-state index contributed by atoms with van der Waals surface area (Å²) in [6.45, 7) is 0. The summed E-state index contributed by atoms with van der Waals surface area (Å²) in [4.78, 5) is 10.5. The van der Waals surface area contributed by atoms with Crippen molar-refractivity contribution in [1.82, 2.24) is 0 Å². The Kier molecular flexibility index (Phi) is 1.25. The molecule has 2 heteroatoms. The lowest BCUT2D eigenvalue weighted by molar-refractivity contribution is 0.112. The minimum absolute atomic E-state index is 0.604. The number of aldehydes is 1. The van der Waals surface area contributed by atoms with Crippen molar-refractivity contribution in [1.29, 1.82) is 0 Å². The molecule has 0 radical (unpaired) electrons. The quantitative estimate of drug-likeness (QED) is 0.577. The molecule has 54 valence electrons. The van der Waals surface area contributed by atoms with Gasteiger partial charge < -0.3 is 4.42 Å². The van der Waals surface area contributed by atoms with Crippen molar-refractivity contribution in [2.45, 2.75) is 0 Å². The number of para-hydroxylation sites is 1. The van der Waals surface area contributed by atoms with E-state index in [0.29, 0.717) is 11.1 Å². The van der Waals surface area contributed by atoms with Crippen molar-refractivity contribution in [2.24, 2.45) is 0 Å². The zero-order valence-electron chi connectivity index (χ0n) is 5.78. The van der Waals surface area contributed by atoms with Crippen LogP contribution in [0.3, 0.4) is 0 Å². The first kappa shape index (κ1) is 6.16. The van der Waals surface area contributed by atoms with Gasteiger partial charge in [-0.05, 0) is 12.1 Å². The maximum Gasteiger partial charge on any atom is 0.153 e. The summed E-state index contributed by atoms with van der Waals surface area (Å²) >= 11 is 0. The third-order valence-corrected chi connectivity index (χ3v) is 1.64. The van der Waals surface area contributed by atoms with E-state index >= 15 is 0 Å². The predicted molar refractivity (Wildman–Crippen MR) is 41.6 cm³/mol. The van der Waals surface area contributed by atoms with E-state index in [2.05, 4.69) is 0 Å². The Morgan fingerprint density at radius 1 is 1.27 bits per heavy atom. The fourth-order valence-corrected chi connectivity index (χ4v) is 1.11. The fourth-order valence-electron chi connectivity index (χ4n) is 1.11. The molecular weight excluding hydrogens is 140 g/mol. The van der Waals surface area contributed by atoms with Crippen LogP contribution in [0.2, 0.25) is 0 Å². The van der Waals surface area contributed by atoms with Gasteiger partial charge in [-0.3, -0.25) is 4.79 Å². The van der Waals surface area contributed by atoms with E-state index in [0.717, 1.165) is 11.7 Å². The highest BCUT2D eigenvalue weighted by molar-refractivity contribution is 5.94. The van der Waals surface area contributed by atoms with E-state index in [1.807, 2.05) is 18.2 Å². The lowest BCUT2D eigenvalue weighted by Gasteiger charge is -1.89. The number of rotatable bonds is 1. The molecule has 2 rings (SSSR count). The highest BCUT2D eigenvalue weighted by Crippen LogP contribution is 2.17. The van der Waals surface area contributed by atoms with Gasteiger partial charge >= 0.3 is 0 Å². The van der Waals surface area contributed by atoms with Crippen molar-refractivity contribution in [3.05, 3.63) is 36.1 Å². The van der Waals surface area contributed by atoms with Crippen LogP contribution in [0.25, 0.3) is 11.0 Å². The maximum atomic E-state index is 10.5. The first-order chi connectivity index (χ1) is 5.42. The largest absolute Gasteiger partial charge is 0.464 e. The Labute approximate surface area is 63.4 Å². The van der Waals surface area contributed by atoms with Gasteiger partial charge in [-0.15, -0.1) is 0 Å². The van der Waals surface area contributed by atoms with Gasteiger partial charge in [0.2, 0.25) is 0 Å². The van der Waals surface area contributed by atoms with Gasteiger partial charge in [0, 0.05) is 5.39 Å².